The second-order valence-electron chi connectivity index (χ2n) is 13.3. The number of nitrogen functional groups attached to an aromatic ring is 1. The first-order valence-corrected chi connectivity index (χ1v) is 15.9. The molecule has 236 valence electrons. The lowest BCUT2D eigenvalue weighted by atomic mass is 9.94. The third-order valence-corrected chi connectivity index (χ3v) is 10.5. The normalized spacial score (nSPS) is 26.0. The molecule has 4 saturated heterocycles. The Morgan fingerprint density at radius 3 is 2.80 bits per heavy atom. The van der Waals surface area contributed by atoms with E-state index < -0.39 is 17.5 Å². The molecule has 0 radical (unpaired) electrons. The molecule has 4 aliphatic rings. The van der Waals surface area contributed by atoms with Gasteiger partial charge < -0.3 is 25.1 Å². The number of aryl methyl sites for hydroxylation is 1. The van der Waals surface area contributed by atoms with Gasteiger partial charge in [0.15, 0.2) is 5.82 Å². The van der Waals surface area contributed by atoms with Crippen LogP contribution in [0.4, 0.5) is 20.5 Å². The van der Waals surface area contributed by atoms with Gasteiger partial charge in [0, 0.05) is 67.7 Å². The summed E-state index contributed by atoms with van der Waals surface area (Å²) < 4.78 is 45.6. The minimum absolute atomic E-state index is 0.0280. The number of ether oxygens (including phenoxy) is 1. The highest BCUT2D eigenvalue weighted by atomic mass is 19.1. The lowest BCUT2D eigenvalue weighted by Crippen LogP contribution is -2.51. The number of halogens is 2. The van der Waals surface area contributed by atoms with E-state index in [1.807, 2.05) is 6.20 Å². The summed E-state index contributed by atoms with van der Waals surface area (Å²) in [5.41, 5.74) is 7.31. The van der Waals surface area contributed by atoms with E-state index in [1.165, 1.54) is 0 Å². The molecule has 5 aromatic rings. The predicted octanol–water partition coefficient (Wildman–Crippen LogP) is 4.42. The molecule has 9 rings (SSSR count). The molecule has 46 heavy (non-hydrogen) atoms. The first kappa shape index (κ1) is 27.7. The quantitative estimate of drug-likeness (QED) is 0.289. The van der Waals surface area contributed by atoms with Crippen LogP contribution in [-0.2, 0) is 7.05 Å². The number of aromatic nitrogens is 4. The highest BCUT2D eigenvalue weighted by Gasteiger charge is 2.49. The number of fused-ring (bicyclic) bond motifs is 7. The summed E-state index contributed by atoms with van der Waals surface area (Å²) in [6, 6.07) is 7.98. The Balaban J connectivity index is 1.28. The second kappa shape index (κ2) is 9.98. The van der Waals surface area contributed by atoms with Crippen molar-refractivity contribution >= 4 is 44.5 Å². The Labute approximate surface area is 262 Å². The molecule has 4 fully saturated rings. The average molecular weight is 626 g/mol. The number of rotatable bonds is 5. The fraction of sp³-hybridized carbons (Fsp3) is 0.455. The van der Waals surface area contributed by atoms with Crippen molar-refractivity contribution in [1.82, 2.24) is 30.0 Å². The molecular formula is C33H33F2N9O2. The summed E-state index contributed by atoms with van der Waals surface area (Å²) in [6.45, 7) is 2.90. The van der Waals surface area contributed by atoms with Gasteiger partial charge in [-0.25, -0.2) is 8.78 Å². The zero-order chi connectivity index (χ0) is 31.3. The van der Waals surface area contributed by atoms with E-state index in [9.17, 15) is 9.65 Å². The molecule has 3 N–H and O–H groups in total. The minimum Gasteiger partial charge on any atom is -0.461 e. The maximum absolute atomic E-state index is 17.3. The van der Waals surface area contributed by atoms with E-state index in [-0.39, 0.29) is 35.1 Å². The summed E-state index contributed by atoms with van der Waals surface area (Å²) in [7, 11) is 1.79. The number of nitrogens with zero attached hydrogens (tertiary/aromatic N) is 7. The van der Waals surface area contributed by atoms with Crippen molar-refractivity contribution in [3.8, 4) is 23.2 Å². The number of benzene rings is 2. The predicted molar refractivity (Wildman–Crippen MR) is 169 cm³/mol. The first-order chi connectivity index (χ1) is 22.3. The van der Waals surface area contributed by atoms with Gasteiger partial charge in [0.2, 0.25) is 5.88 Å². The lowest BCUT2D eigenvalue weighted by Gasteiger charge is -2.35. The summed E-state index contributed by atoms with van der Waals surface area (Å²) >= 11 is 0. The monoisotopic (exact) mass is 625 g/mol. The van der Waals surface area contributed by atoms with Crippen LogP contribution in [-0.4, -0.2) is 81.2 Å². The number of nitrogens with two attached hydrogens (primary N) is 1. The molecule has 0 aliphatic carbocycles. The van der Waals surface area contributed by atoms with Crippen LogP contribution in [0.5, 0.6) is 6.01 Å². The van der Waals surface area contributed by atoms with E-state index in [4.69, 9.17) is 30.0 Å². The van der Waals surface area contributed by atoms with Crippen molar-refractivity contribution in [3.05, 3.63) is 35.8 Å². The molecular weight excluding hydrogens is 592 g/mol. The molecule has 0 spiro atoms. The van der Waals surface area contributed by atoms with Crippen molar-refractivity contribution in [2.24, 2.45) is 7.05 Å². The number of hydrogen-bond donors (Lipinski definition) is 2. The topological polar surface area (TPSA) is 134 Å². The van der Waals surface area contributed by atoms with Crippen LogP contribution in [0.3, 0.4) is 0 Å². The molecule has 2 aromatic carbocycles. The number of nitrogens with one attached hydrogen (secondary N) is 1. The number of hydrogen-bond acceptors (Lipinski definition) is 10. The van der Waals surface area contributed by atoms with Crippen LogP contribution in [0.15, 0.2) is 28.8 Å². The summed E-state index contributed by atoms with van der Waals surface area (Å²) in [4.78, 5) is 14.1. The molecule has 2 bridgehead atoms. The van der Waals surface area contributed by atoms with Gasteiger partial charge in [0.25, 0.3) is 0 Å². The van der Waals surface area contributed by atoms with E-state index in [0.29, 0.717) is 76.8 Å². The Hall–Kier alpha value is -4.54. The molecule has 11 nitrogen and oxygen atoms in total. The summed E-state index contributed by atoms with van der Waals surface area (Å²) in [6.07, 6.45) is 5.31. The van der Waals surface area contributed by atoms with Crippen LogP contribution in [0.1, 0.15) is 37.7 Å². The van der Waals surface area contributed by atoms with Gasteiger partial charge >= 0.3 is 6.01 Å². The number of alkyl halides is 1. The fourth-order valence-electron chi connectivity index (χ4n) is 8.56. The highest BCUT2D eigenvalue weighted by Crippen LogP contribution is 2.45. The molecule has 7 heterocycles. The van der Waals surface area contributed by atoms with Gasteiger partial charge in [-0.2, -0.15) is 20.3 Å². The van der Waals surface area contributed by atoms with Crippen molar-refractivity contribution in [2.75, 3.05) is 43.4 Å². The molecule has 4 aliphatic heterocycles. The van der Waals surface area contributed by atoms with Crippen LogP contribution in [0.2, 0.25) is 0 Å². The SMILES string of the molecule is Cn1cc2c(n1)c(-c1cccc3oc(N)c(C#N)c13)c(F)c1nc(OC[C@@]34CCCN3C[C@H](F)C4)nc(N3C[C@H]4CC[C@@H](C3)N4)c12. The largest absolute Gasteiger partial charge is 0.461 e. The van der Waals surface area contributed by atoms with E-state index >= 15 is 4.39 Å². The molecule has 3 aromatic heterocycles. The number of furan rings is 1. The van der Waals surface area contributed by atoms with E-state index in [1.54, 1.807) is 29.9 Å². The Kier molecular flexibility index (Phi) is 6.02. The number of nitriles is 1. The standard InChI is InChI=1S/C33H33F2N9O2/c1-42-15-22-26-29(27(35)25(28(22)41-42)20-4-2-5-23-24(20)21(11-36)30(37)46-23)39-32(40-31(26)43-13-18-6-7-19(14-43)38-18)45-16-33-8-3-9-44(33)12-17(34)10-33/h2,4-5,15,17-19,38H,3,6-10,12-14,16,37H2,1H3/t17-,18-,19+,33+/m1/s1. The van der Waals surface area contributed by atoms with Crippen molar-refractivity contribution < 1.29 is 17.9 Å². The third-order valence-electron chi connectivity index (χ3n) is 10.5. The lowest BCUT2D eigenvalue weighted by molar-refractivity contribution is 0.107. The fourth-order valence-corrected chi connectivity index (χ4v) is 8.56. The van der Waals surface area contributed by atoms with Gasteiger partial charge in [-0.05, 0) is 43.9 Å². The first-order valence-electron chi connectivity index (χ1n) is 15.9. The smallest absolute Gasteiger partial charge is 0.319 e. The summed E-state index contributed by atoms with van der Waals surface area (Å²) in [5, 5.41) is 20.0. The van der Waals surface area contributed by atoms with Crippen molar-refractivity contribution in [3.63, 3.8) is 0 Å². The van der Waals surface area contributed by atoms with Gasteiger partial charge in [0.05, 0.1) is 10.9 Å². The van der Waals surface area contributed by atoms with Gasteiger partial charge in [-0.3, -0.25) is 9.58 Å². The highest BCUT2D eigenvalue weighted by molar-refractivity contribution is 6.18. The van der Waals surface area contributed by atoms with Crippen LogP contribution in [0.25, 0.3) is 43.9 Å². The van der Waals surface area contributed by atoms with Crippen LogP contribution in [0, 0.1) is 17.1 Å². The minimum atomic E-state index is -0.898. The zero-order valence-corrected chi connectivity index (χ0v) is 25.4. The Morgan fingerprint density at radius 1 is 1.17 bits per heavy atom. The Bertz CT molecular complexity index is 2090. The van der Waals surface area contributed by atoms with Crippen molar-refractivity contribution in [1.29, 1.82) is 5.26 Å². The number of piperazine rings is 1. The number of anilines is 2. The van der Waals surface area contributed by atoms with E-state index in [2.05, 4.69) is 21.2 Å². The maximum Gasteiger partial charge on any atom is 0.319 e. The molecule has 0 amide bonds. The van der Waals surface area contributed by atoms with Gasteiger partial charge in [-0.15, -0.1) is 0 Å². The van der Waals surface area contributed by atoms with Gasteiger partial charge in [-0.1, -0.05) is 12.1 Å². The zero-order valence-electron chi connectivity index (χ0n) is 25.4. The van der Waals surface area contributed by atoms with Crippen LogP contribution >= 0.6 is 0 Å². The maximum atomic E-state index is 17.3. The molecule has 13 heteroatoms. The molecule has 4 atom stereocenters. The molecule has 0 unspecified atom stereocenters. The van der Waals surface area contributed by atoms with E-state index in [0.717, 1.165) is 32.2 Å². The van der Waals surface area contributed by atoms with Gasteiger partial charge in [0.1, 0.15) is 46.8 Å². The average Bonchev–Trinajstić information content (AvgIpc) is 3.83. The second-order valence-corrected chi connectivity index (χ2v) is 13.3. The molecule has 0 saturated carbocycles. The van der Waals surface area contributed by atoms with Crippen LogP contribution < -0.4 is 20.7 Å². The van der Waals surface area contributed by atoms with Crippen molar-refractivity contribution in [2.45, 2.75) is 55.9 Å². The Morgan fingerprint density at radius 2 is 2.00 bits per heavy atom. The summed E-state index contributed by atoms with van der Waals surface area (Å²) in [5.74, 6) is -0.0324. The third kappa shape index (κ3) is 4.02.